The Hall–Kier alpha value is -6.04. The molecule has 388 valence electrons. The SMILES string of the molecule is CCCCC(CC)COC1CC(c2cc3cc(C(C)CCC(CC)COC4=CC(c5c6c(cc7ccccc57)CCC=C6)=NC(C5C(O)=CCCC5O)N4)ccc3c3ccccc23)=NC(C2C=CC(O)=CC2O)N1. The summed E-state index contributed by atoms with van der Waals surface area (Å²) >= 11 is 0. The minimum absolute atomic E-state index is 0.0602. The van der Waals surface area contributed by atoms with Crippen LogP contribution in [-0.4, -0.2) is 75.8 Å². The van der Waals surface area contributed by atoms with E-state index in [1.807, 2.05) is 18.2 Å². The Bertz CT molecular complexity index is 3060. The average Bonchev–Trinajstić information content (AvgIpc) is 3.41. The van der Waals surface area contributed by atoms with Crippen molar-refractivity contribution in [1.82, 2.24) is 10.6 Å². The normalized spacial score (nSPS) is 25.1. The van der Waals surface area contributed by atoms with Crippen LogP contribution in [0.5, 0.6) is 0 Å². The number of aryl methyl sites for hydroxylation is 1. The Morgan fingerprint density at radius 2 is 1.58 bits per heavy atom. The maximum absolute atomic E-state index is 11.3. The van der Waals surface area contributed by atoms with Crippen LogP contribution in [0.4, 0.5) is 0 Å². The molecule has 10 unspecified atom stereocenters. The summed E-state index contributed by atoms with van der Waals surface area (Å²) in [6.45, 7) is 10.2. The first-order chi connectivity index (χ1) is 36.1. The van der Waals surface area contributed by atoms with Crippen molar-refractivity contribution in [2.24, 2.45) is 33.7 Å². The van der Waals surface area contributed by atoms with Gasteiger partial charge in [-0.1, -0.05) is 144 Å². The van der Waals surface area contributed by atoms with Gasteiger partial charge in [0.1, 0.15) is 24.3 Å². The second kappa shape index (κ2) is 23.2. The molecule has 0 fully saturated rings. The predicted octanol–water partition coefficient (Wildman–Crippen LogP) is 13.2. The summed E-state index contributed by atoms with van der Waals surface area (Å²) in [4.78, 5) is 10.6. The molecule has 0 spiro atoms. The molecular weight excluding hydrogens is 921 g/mol. The Kier molecular flexibility index (Phi) is 16.2. The Labute approximate surface area is 437 Å². The lowest BCUT2D eigenvalue weighted by Crippen LogP contribution is -2.50. The van der Waals surface area contributed by atoms with Gasteiger partial charge in [-0.3, -0.25) is 15.3 Å². The van der Waals surface area contributed by atoms with E-state index < -0.39 is 30.5 Å². The molecule has 3 aliphatic carbocycles. The highest BCUT2D eigenvalue weighted by Crippen LogP contribution is 2.38. The van der Waals surface area contributed by atoms with E-state index in [1.165, 1.54) is 50.7 Å². The van der Waals surface area contributed by atoms with Crippen molar-refractivity contribution in [3.05, 3.63) is 161 Å². The number of benzene rings is 5. The van der Waals surface area contributed by atoms with Crippen LogP contribution in [0.1, 0.15) is 132 Å². The highest BCUT2D eigenvalue weighted by Gasteiger charge is 2.38. The van der Waals surface area contributed by atoms with Gasteiger partial charge in [-0.25, -0.2) is 0 Å². The molecule has 0 aromatic heterocycles. The van der Waals surface area contributed by atoms with Crippen LogP contribution in [0.2, 0.25) is 0 Å². The fraction of sp³-hybridized carbons (Fsp3) is 0.438. The van der Waals surface area contributed by atoms with E-state index in [0.29, 0.717) is 44.3 Å². The first-order valence-corrected chi connectivity index (χ1v) is 27.7. The average molecular weight is 997 g/mol. The first kappa shape index (κ1) is 51.4. The van der Waals surface area contributed by atoms with Crippen molar-refractivity contribution in [3.63, 3.8) is 0 Å². The zero-order valence-electron chi connectivity index (χ0n) is 43.7. The van der Waals surface area contributed by atoms with Crippen molar-refractivity contribution in [2.75, 3.05) is 13.2 Å². The fourth-order valence-electron chi connectivity index (χ4n) is 12.0. The summed E-state index contributed by atoms with van der Waals surface area (Å²) < 4.78 is 13.5. The van der Waals surface area contributed by atoms with E-state index >= 15 is 0 Å². The molecule has 0 amide bonds. The Morgan fingerprint density at radius 3 is 2.38 bits per heavy atom. The second-order valence-corrected chi connectivity index (χ2v) is 21.6. The molecule has 0 bridgehead atoms. The lowest BCUT2D eigenvalue weighted by Gasteiger charge is -2.36. The summed E-state index contributed by atoms with van der Waals surface area (Å²) in [6.07, 6.45) is 21.5. The highest BCUT2D eigenvalue weighted by atomic mass is 16.5. The Morgan fingerprint density at radius 1 is 0.784 bits per heavy atom. The standard InChI is InChI=1S/C64H76N4O6/c1-5-8-16-40(6-2)37-73-59-35-54(65-63(67-59)52-30-28-46(69)34-58(52)72)53-33-45-31-42(27-29-47(45)50-21-13-14-22-51(50)53)39(4)25-26-41(7-3)38-74-60-36-55(66-64(68-60)62-56(70)23-15-24-57(62)71)61-48-19-11-9-17-43(48)32-44-18-10-12-20-49(44)61/h9,11-14,17,19-23,27-34,36,39-41,52,57-59,62-64,67-72H,5-8,10,15-16,18,24-26,35,37-38H2,1-4H3. The summed E-state index contributed by atoms with van der Waals surface area (Å²) in [5.41, 5.74) is 7.64. The number of fused-ring (bicyclic) bond motifs is 5. The zero-order chi connectivity index (χ0) is 51.3. The number of nitrogens with zero attached hydrogens (tertiary/aromatic N) is 2. The van der Waals surface area contributed by atoms with Crippen LogP contribution in [-0.2, 0) is 15.9 Å². The fourth-order valence-corrected chi connectivity index (χ4v) is 12.0. The van der Waals surface area contributed by atoms with Crippen LogP contribution in [0, 0.1) is 23.7 Å². The van der Waals surface area contributed by atoms with Gasteiger partial charge in [0, 0.05) is 35.3 Å². The molecule has 74 heavy (non-hydrogen) atoms. The molecule has 5 aromatic carbocycles. The summed E-state index contributed by atoms with van der Waals surface area (Å²) in [5, 5.41) is 58.0. The molecule has 2 aliphatic heterocycles. The number of aliphatic hydroxyl groups is 4. The van der Waals surface area contributed by atoms with Gasteiger partial charge in [-0.05, 0) is 136 Å². The van der Waals surface area contributed by atoms with Gasteiger partial charge in [0.2, 0.25) is 0 Å². The molecule has 0 saturated carbocycles. The van der Waals surface area contributed by atoms with Crippen molar-refractivity contribution >= 4 is 49.8 Å². The third kappa shape index (κ3) is 11.2. The van der Waals surface area contributed by atoms with Gasteiger partial charge in [0.25, 0.3) is 0 Å². The number of nitrogens with one attached hydrogen (secondary N) is 2. The number of rotatable bonds is 19. The molecule has 2 heterocycles. The lowest BCUT2D eigenvalue weighted by molar-refractivity contribution is -0.00777. The van der Waals surface area contributed by atoms with Crippen molar-refractivity contribution in [2.45, 2.75) is 141 Å². The molecule has 10 atom stereocenters. The molecule has 5 aliphatic rings. The van der Waals surface area contributed by atoms with E-state index in [4.69, 9.17) is 19.5 Å². The third-order valence-electron chi connectivity index (χ3n) is 16.6. The number of hydrogen-bond donors (Lipinski definition) is 6. The number of hydrogen-bond acceptors (Lipinski definition) is 10. The van der Waals surface area contributed by atoms with Crippen LogP contribution in [0.15, 0.2) is 143 Å². The summed E-state index contributed by atoms with van der Waals surface area (Å²) in [7, 11) is 0. The number of unbranched alkanes of at least 4 members (excludes halogenated alkanes) is 1. The smallest absolute Gasteiger partial charge is 0.190 e. The largest absolute Gasteiger partial charge is 0.512 e. The highest BCUT2D eigenvalue weighted by molar-refractivity contribution is 6.20. The summed E-state index contributed by atoms with van der Waals surface area (Å²) in [5.74, 6) is 0.922. The molecule has 0 saturated heterocycles. The van der Waals surface area contributed by atoms with Crippen LogP contribution in [0.3, 0.4) is 0 Å². The maximum atomic E-state index is 11.3. The lowest BCUT2D eigenvalue weighted by atomic mass is 9.85. The minimum Gasteiger partial charge on any atom is -0.512 e. The van der Waals surface area contributed by atoms with Crippen LogP contribution < -0.4 is 10.6 Å². The predicted molar refractivity (Wildman–Crippen MR) is 302 cm³/mol. The molecule has 0 radical (unpaired) electrons. The van der Waals surface area contributed by atoms with Gasteiger partial charge >= 0.3 is 0 Å². The van der Waals surface area contributed by atoms with Crippen molar-refractivity contribution in [3.8, 4) is 0 Å². The Balaban J connectivity index is 0.889. The number of aliphatic imine (C=N–C) groups is 2. The molecule has 10 rings (SSSR count). The van der Waals surface area contributed by atoms with Gasteiger partial charge in [-0.2, -0.15) is 0 Å². The van der Waals surface area contributed by atoms with Crippen molar-refractivity contribution in [1.29, 1.82) is 0 Å². The quantitative estimate of drug-likeness (QED) is 0.0448. The van der Waals surface area contributed by atoms with Crippen molar-refractivity contribution < 1.29 is 29.9 Å². The molecule has 5 aromatic rings. The van der Waals surface area contributed by atoms with E-state index in [2.05, 4.69) is 129 Å². The number of ether oxygens (including phenoxy) is 2. The zero-order valence-corrected chi connectivity index (χ0v) is 43.7. The van der Waals surface area contributed by atoms with Gasteiger partial charge < -0.3 is 35.2 Å². The maximum Gasteiger partial charge on any atom is 0.190 e. The van der Waals surface area contributed by atoms with E-state index in [1.54, 1.807) is 6.08 Å². The molecule has 6 N–H and O–H groups in total. The molecule has 10 heteroatoms. The van der Waals surface area contributed by atoms with E-state index in [-0.39, 0.29) is 35.5 Å². The third-order valence-corrected chi connectivity index (χ3v) is 16.6. The van der Waals surface area contributed by atoms with Crippen LogP contribution in [0.25, 0.3) is 38.4 Å². The first-order valence-electron chi connectivity index (χ1n) is 27.7. The number of allylic oxidation sites excluding steroid dienone is 4. The van der Waals surface area contributed by atoms with Crippen LogP contribution >= 0.6 is 0 Å². The monoisotopic (exact) mass is 997 g/mol. The number of aliphatic hydroxyl groups excluding tert-OH is 4. The minimum atomic E-state index is -0.890. The molecule has 10 nitrogen and oxygen atoms in total. The van der Waals surface area contributed by atoms with Gasteiger partial charge in [0.15, 0.2) is 5.88 Å². The second-order valence-electron chi connectivity index (χ2n) is 21.6. The summed E-state index contributed by atoms with van der Waals surface area (Å²) in [6, 6.07) is 28.7. The van der Waals surface area contributed by atoms with Gasteiger partial charge in [-0.15, -0.1) is 0 Å². The van der Waals surface area contributed by atoms with Gasteiger partial charge in [0.05, 0.1) is 42.8 Å². The van der Waals surface area contributed by atoms with E-state index in [0.717, 1.165) is 84.7 Å². The van der Waals surface area contributed by atoms with E-state index in [9.17, 15) is 20.4 Å². The topological polar surface area (TPSA) is 148 Å². The molecular formula is C64H76N4O6.